The Kier molecular flexibility index (Phi) is 2.83. The zero-order valence-electron chi connectivity index (χ0n) is 9.67. The van der Waals surface area contributed by atoms with Gasteiger partial charge in [0.2, 0.25) is 0 Å². The number of aryl methyl sites for hydroxylation is 1. The normalized spacial score (nSPS) is 10.8. The highest BCUT2D eigenvalue weighted by Gasteiger charge is 2.17. The summed E-state index contributed by atoms with van der Waals surface area (Å²) in [5.74, 6) is -0.516. The average molecular weight is 237 g/mol. The minimum Gasteiger partial charge on any atom is -0.384 e. The fraction of sp³-hybridized carbons (Fsp3) is 0.250. The molecule has 0 aliphatic carbocycles. The van der Waals surface area contributed by atoms with Crippen molar-refractivity contribution in [3.8, 4) is 11.3 Å². The minimum atomic E-state index is -0.501. The molecule has 0 bridgehead atoms. The Morgan fingerprint density at radius 2 is 2.06 bits per heavy atom. The van der Waals surface area contributed by atoms with Crippen molar-refractivity contribution in [2.75, 3.05) is 5.73 Å². The lowest BCUT2D eigenvalue weighted by Crippen LogP contribution is -1.98. The van der Waals surface area contributed by atoms with Gasteiger partial charge < -0.3 is 5.73 Å². The molecule has 0 unspecified atom stereocenters. The van der Waals surface area contributed by atoms with Gasteiger partial charge in [-0.05, 0) is 24.6 Å². The Hall–Kier alpha value is -1.91. The Morgan fingerprint density at radius 3 is 2.71 bits per heavy atom. The molecule has 1 aromatic heterocycles. The van der Waals surface area contributed by atoms with Crippen LogP contribution >= 0.6 is 0 Å². The lowest BCUT2D eigenvalue weighted by atomic mass is 10.1. The Morgan fingerprint density at radius 1 is 1.35 bits per heavy atom. The lowest BCUT2D eigenvalue weighted by Gasteiger charge is -2.02. The van der Waals surface area contributed by atoms with Crippen molar-refractivity contribution in [2.24, 2.45) is 7.05 Å². The van der Waals surface area contributed by atoms with Crippen LogP contribution in [0, 0.1) is 11.6 Å². The molecule has 90 valence electrons. The molecular weight excluding hydrogens is 224 g/mol. The number of halogens is 2. The summed E-state index contributed by atoms with van der Waals surface area (Å²) in [7, 11) is 1.68. The molecule has 1 aromatic carbocycles. The molecule has 0 radical (unpaired) electrons. The number of nitrogens with two attached hydrogens (primary N) is 1. The van der Waals surface area contributed by atoms with Gasteiger partial charge in [0.05, 0.1) is 0 Å². The molecule has 0 amide bonds. The summed E-state index contributed by atoms with van der Waals surface area (Å²) < 4.78 is 28.3. The number of anilines is 1. The third-order valence-corrected chi connectivity index (χ3v) is 2.73. The van der Waals surface area contributed by atoms with Crippen LogP contribution in [0.2, 0.25) is 0 Å². The number of hydrogen-bond acceptors (Lipinski definition) is 2. The van der Waals surface area contributed by atoms with Crippen LogP contribution in [0.1, 0.15) is 12.5 Å². The second-order valence-electron chi connectivity index (χ2n) is 3.81. The van der Waals surface area contributed by atoms with Gasteiger partial charge in [-0.25, -0.2) is 8.78 Å². The summed E-state index contributed by atoms with van der Waals surface area (Å²) in [5.41, 5.74) is 7.11. The molecule has 3 nitrogen and oxygen atoms in total. The van der Waals surface area contributed by atoms with E-state index in [1.807, 2.05) is 6.92 Å². The molecule has 5 heteroatoms. The van der Waals surface area contributed by atoms with Gasteiger partial charge in [-0.3, -0.25) is 4.68 Å². The second-order valence-corrected chi connectivity index (χ2v) is 3.81. The smallest absolute Gasteiger partial charge is 0.132 e. The van der Waals surface area contributed by atoms with Crippen LogP contribution in [0.3, 0.4) is 0 Å². The topological polar surface area (TPSA) is 43.8 Å². The summed E-state index contributed by atoms with van der Waals surface area (Å²) in [5, 5.41) is 4.14. The summed E-state index contributed by atoms with van der Waals surface area (Å²) in [4.78, 5) is 0. The third kappa shape index (κ3) is 1.88. The van der Waals surface area contributed by atoms with E-state index >= 15 is 0 Å². The summed E-state index contributed by atoms with van der Waals surface area (Å²) in [6.07, 6.45) is 0.616. The van der Waals surface area contributed by atoms with Crippen LogP contribution in [0.4, 0.5) is 14.6 Å². The quantitative estimate of drug-likeness (QED) is 0.872. The first-order chi connectivity index (χ1) is 8.04. The maximum atomic E-state index is 13.7. The third-order valence-electron chi connectivity index (χ3n) is 2.73. The monoisotopic (exact) mass is 237 g/mol. The maximum absolute atomic E-state index is 13.7. The van der Waals surface area contributed by atoms with E-state index < -0.39 is 11.6 Å². The van der Waals surface area contributed by atoms with Gasteiger partial charge in [0.25, 0.3) is 0 Å². The van der Waals surface area contributed by atoms with Gasteiger partial charge >= 0.3 is 0 Å². The molecule has 0 aliphatic rings. The summed E-state index contributed by atoms with van der Waals surface area (Å²) >= 11 is 0. The number of nitrogen functional groups attached to an aromatic ring is 1. The zero-order valence-corrected chi connectivity index (χ0v) is 9.67. The van der Waals surface area contributed by atoms with E-state index in [-0.39, 0.29) is 5.56 Å². The largest absolute Gasteiger partial charge is 0.384 e. The Balaban J connectivity index is 2.68. The molecule has 1 heterocycles. The van der Waals surface area contributed by atoms with Gasteiger partial charge in [-0.2, -0.15) is 5.10 Å². The van der Waals surface area contributed by atoms with E-state index in [4.69, 9.17) is 5.73 Å². The van der Waals surface area contributed by atoms with Crippen LogP contribution in [0.15, 0.2) is 18.2 Å². The van der Waals surface area contributed by atoms with Crippen molar-refractivity contribution in [1.29, 1.82) is 0 Å². The van der Waals surface area contributed by atoms with E-state index in [0.29, 0.717) is 17.9 Å². The number of nitrogens with zero attached hydrogens (tertiary/aromatic N) is 2. The van der Waals surface area contributed by atoms with E-state index in [0.717, 1.165) is 23.8 Å². The standard InChI is InChI=1S/C12H13F2N3/c1-3-8-11(16-17(2)12(8)15)9-6-7(13)4-5-10(9)14/h4-6H,3,15H2,1-2H3. The highest BCUT2D eigenvalue weighted by atomic mass is 19.1. The van der Waals surface area contributed by atoms with Gasteiger partial charge in [0.1, 0.15) is 23.1 Å². The average Bonchev–Trinajstić information content (AvgIpc) is 2.58. The molecule has 17 heavy (non-hydrogen) atoms. The van der Waals surface area contributed by atoms with Crippen molar-refractivity contribution < 1.29 is 8.78 Å². The van der Waals surface area contributed by atoms with E-state index in [1.54, 1.807) is 7.05 Å². The van der Waals surface area contributed by atoms with E-state index in [9.17, 15) is 8.78 Å². The van der Waals surface area contributed by atoms with Crippen LogP contribution in [0.5, 0.6) is 0 Å². The van der Waals surface area contributed by atoms with Gasteiger partial charge in [-0.15, -0.1) is 0 Å². The van der Waals surface area contributed by atoms with Gasteiger partial charge in [0.15, 0.2) is 0 Å². The molecular formula is C12H13F2N3. The van der Waals surface area contributed by atoms with Crippen molar-refractivity contribution in [3.63, 3.8) is 0 Å². The van der Waals surface area contributed by atoms with Crippen molar-refractivity contribution in [2.45, 2.75) is 13.3 Å². The SMILES string of the molecule is CCc1c(-c2cc(F)ccc2F)nn(C)c1N. The molecule has 2 N–H and O–H groups in total. The van der Waals surface area contributed by atoms with Crippen molar-refractivity contribution in [1.82, 2.24) is 9.78 Å². The van der Waals surface area contributed by atoms with Crippen LogP contribution in [-0.4, -0.2) is 9.78 Å². The summed E-state index contributed by atoms with van der Waals surface area (Å²) in [6, 6.07) is 3.31. The molecule has 0 fully saturated rings. The lowest BCUT2D eigenvalue weighted by molar-refractivity contribution is 0.602. The van der Waals surface area contributed by atoms with Gasteiger partial charge in [-0.1, -0.05) is 6.92 Å². The van der Waals surface area contributed by atoms with Crippen molar-refractivity contribution >= 4 is 5.82 Å². The molecule has 2 aromatic rings. The Labute approximate surface area is 97.9 Å². The number of benzene rings is 1. The second kappa shape index (κ2) is 4.16. The van der Waals surface area contributed by atoms with E-state index in [2.05, 4.69) is 5.10 Å². The predicted molar refractivity (Wildman–Crippen MR) is 62.4 cm³/mol. The number of aromatic nitrogens is 2. The Bertz CT molecular complexity index is 561. The highest BCUT2D eigenvalue weighted by Crippen LogP contribution is 2.29. The van der Waals surface area contributed by atoms with Crippen molar-refractivity contribution in [3.05, 3.63) is 35.4 Å². The summed E-state index contributed by atoms with van der Waals surface area (Å²) in [6.45, 7) is 1.90. The van der Waals surface area contributed by atoms with Gasteiger partial charge in [0, 0.05) is 18.2 Å². The zero-order chi connectivity index (χ0) is 12.6. The fourth-order valence-electron chi connectivity index (χ4n) is 1.82. The van der Waals surface area contributed by atoms with Crippen LogP contribution < -0.4 is 5.73 Å². The first-order valence-corrected chi connectivity index (χ1v) is 5.31. The molecule has 0 aliphatic heterocycles. The molecule has 0 saturated carbocycles. The fourth-order valence-corrected chi connectivity index (χ4v) is 1.82. The number of rotatable bonds is 2. The van der Waals surface area contributed by atoms with E-state index in [1.165, 1.54) is 4.68 Å². The first kappa shape index (κ1) is 11.6. The molecule has 2 rings (SSSR count). The van der Waals surface area contributed by atoms with Crippen LogP contribution in [0.25, 0.3) is 11.3 Å². The maximum Gasteiger partial charge on any atom is 0.132 e. The number of hydrogen-bond donors (Lipinski definition) is 1. The molecule has 0 saturated heterocycles. The highest BCUT2D eigenvalue weighted by molar-refractivity contribution is 5.68. The predicted octanol–water partition coefficient (Wildman–Crippen LogP) is 2.51. The first-order valence-electron chi connectivity index (χ1n) is 5.31. The van der Waals surface area contributed by atoms with Crippen LogP contribution in [-0.2, 0) is 13.5 Å². The minimum absolute atomic E-state index is 0.147. The molecule has 0 atom stereocenters. The molecule has 0 spiro atoms.